The predicted octanol–water partition coefficient (Wildman–Crippen LogP) is 3.20. The lowest BCUT2D eigenvalue weighted by atomic mass is 10.0. The number of carbonyl (C=O) groups is 1. The molecule has 3 nitrogen and oxygen atoms in total. The van der Waals surface area contributed by atoms with E-state index in [1.165, 1.54) is 11.1 Å². The lowest BCUT2D eigenvalue weighted by Crippen LogP contribution is -2.34. The van der Waals surface area contributed by atoms with Gasteiger partial charge in [0.05, 0.1) is 5.92 Å². The molecule has 1 aliphatic rings. The molecule has 3 rings (SSSR count). The van der Waals surface area contributed by atoms with Crippen LogP contribution >= 0.6 is 0 Å². The fourth-order valence-corrected chi connectivity index (χ4v) is 3.51. The summed E-state index contributed by atoms with van der Waals surface area (Å²) >= 11 is 0. The predicted molar refractivity (Wildman–Crippen MR) is 98.0 cm³/mol. The van der Waals surface area contributed by atoms with Gasteiger partial charge in [0.2, 0.25) is 5.91 Å². The first kappa shape index (κ1) is 16.7. The molecule has 24 heavy (non-hydrogen) atoms. The summed E-state index contributed by atoms with van der Waals surface area (Å²) in [6.07, 6.45) is 0. The van der Waals surface area contributed by atoms with Crippen LogP contribution in [0.25, 0.3) is 0 Å². The topological polar surface area (TPSA) is 23.6 Å². The Hall–Kier alpha value is -2.13. The fraction of sp³-hybridized carbons (Fsp3) is 0.381. The molecule has 3 heteroatoms. The third kappa shape index (κ3) is 3.51. The van der Waals surface area contributed by atoms with Gasteiger partial charge in [0.25, 0.3) is 0 Å². The number of nitrogens with zero attached hydrogens (tertiary/aromatic N) is 2. The second-order valence-electron chi connectivity index (χ2n) is 6.96. The van der Waals surface area contributed by atoms with E-state index in [1.807, 2.05) is 38.2 Å². The first-order valence-corrected chi connectivity index (χ1v) is 8.59. The second-order valence-corrected chi connectivity index (χ2v) is 6.96. The number of hydrogen-bond donors (Lipinski definition) is 0. The molecular weight excluding hydrogens is 296 g/mol. The van der Waals surface area contributed by atoms with Gasteiger partial charge in [0.1, 0.15) is 0 Å². The van der Waals surface area contributed by atoms with Crippen molar-refractivity contribution in [2.75, 3.05) is 34.2 Å². The Labute approximate surface area is 144 Å². The normalized spacial score (nSPS) is 22.4. The van der Waals surface area contributed by atoms with Crippen LogP contribution in [-0.4, -0.2) is 49.9 Å². The minimum absolute atomic E-state index is 0.0574. The van der Waals surface area contributed by atoms with Crippen LogP contribution in [0.5, 0.6) is 0 Å². The highest BCUT2D eigenvalue weighted by Crippen LogP contribution is 2.60. The van der Waals surface area contributed by atoms with E-state index in [9.17, 15) is 4.79 Å². The molecule has 0 bridgehead atoms. The molecule has 1 aliphatic carbocycles. The molecule has 2 unspecified atom stereocenters. The third-order valence-corrected chi connectivity index (χ3v) is 4.93. The zero-order valence-corrected chi connectivity index (χ0v) is 14.7. The molecule has 0 saturated heterocycles. The lowest BCUT2D eigenvalue weighted by molar-refractivity contribution is -0.131. The first-order valence-electron chi connectivity index (χ1n) is 8.59. The summed E-state index contributed by atoms with van der Waals surface area (Å²) < 4.78 is 0. The fourth-order valence-electron chi connectivity index (χ4n) is 3.51. The van der Waals surface area contributed by atoms with E-state index in [4.69, 9.17) is 0 Å². The van der Waals surface area contributed by atoms with Crippen LogP contribution in [0.1, 0.15) is 23.0 Å². The quantitative estimate of drug-likeness (QED) is 0.815. The zero-order chi connectivity index (χ0) is 17.1. The Morgan fingerprint density at radius 3 is 1.67 bits per heavy atom. The van der Waals surface area contributed by atoms with Gasteiger partial charge in [0, 0.05) is 32.0 Å². The van der Waals surface area contributed by atoms with E-state index in [0.717, 1.165) is 13.1 Å². The molecular formula is C21H26N2O. The highest BCUT2D eigenvalue weighted by atomic mass is 16.2. The summed E-state index contributed by atoms with van der Waals surface area (Å²) in [5, 5.41) is 0. The molecule has 0 aliphatic heterocycles. The van der Waals surface area contributed by atoms with Crippen LogP contribution in [0, 0.1) is 5.92 Å². The number of rotatable bonds is 6. The minimum Gasteiger partial charge on any atom is -0.344 e. The van der Waals surface area contributed by atoms with Gasteiger partial charge >= 0.3 is 0 Å². The Bertz CT molecular complexity index is 623. The summed E-state index contributed by atoms with van der Waals surface area (Å²) in [4.78, 5) is 17.0. The summed E-state index contributed by atoms with van der Waals surface area (Å²) in [5.74, 6) is 0.910. The summed E-state index contributed by atoms with van der Waals surface area (Å²) in [5.41, 5.74) is 2.54. The molecule has 0 spiro atoms. The summed E-state index contributed by atoms with van der Waals surface area (Å²) in [6, 6.07) is 20.9. The van der Waals surface area contributed by atoms with Crippen LogP contribution in [0.2, 0.25) is 0 Å². The second kappa shape index (κ2) is 7.18. The Morgan fingerprint density at radius 2 is 1.25 bits per heavy atom. The molecule has 0 aromatic heterocycles. The van der Waals surface area contributed by atoms with Crippen molar-refractivity contribution >= 4 is 5.91 Å². The average molecular weight is 322 g/mol. The van der Waals surface area contributed by atoms with E-state index < -0.39 is 0 Å². The monoisotopic (exact) mass is 322 g/mol. The van der Waals surface area contributed by atoms with Crippen LogP contribution in [0.15, 0.2) is 60.7 Å². The minimum atomic E-state index is 0.0574. The smallest absolute Gasteiger partial charge is 0.226 e. The number of carbonyl (C=O) groups excluding carboxylic acids is 1. The maximum absolute atomic E-state index is 13.0. The molecule has 1 saturated carbocycles. The van der Waals surface area contributed by atoms with Gasteiger partial charge in [-0.1, -0.05) is 60.7 Å². The summed E-state index contributed by atoms with van der Waals surface area (Å²) in [6.45, 7) is 1.66. The number of likely N-dealkylation sites (N-methyl/N-ethyl adjacent to an activating group) is 2. The van der Waals surface area contributed by atoms with Gasteiger partial charge in [-0.25, -0.2) is 0 Å². The average Bonchev–Trinajstić information content (AvgIpc) is 3.36. The number of amides is 1. The lowest BCUT2D eigenvalue weighted by Gasteiger charge is -2.20. The molecule has 0 radical (unpaired) electrons. The van der Waals surface area contributed by atoms with Crippen molar-refractivity contribution in [2.45, 2.75) is 11.8 Å². The van der Waals surface area contributed by atoms with Crippen molar-refractivity contribution in [2.24, 2.45) is 5.92 Å². The van der Waals surface area contributed by atoms with Gasteiger partial charge < -0.3 is 9.80 Å². The van der Waals surface area contributed by atoms with E-state index >= 15 is 0 Å². The van der Waals surface area contributed by atoms with Gasteiger partial charge in [-0.05, 0) is 25.2 Å². The molecule has 1 fully saturated rings. The van der Waals surface area contributed by atoms with Crippen LogP contribution in [0.4, 0.5) is 0 Å². The molecule has 126 valence electrons. The molecule has 1 amide bonds. The maximum atomic E-state index is 13.0. The summed E-state index contributed by atoms with van der Waals surface area (Å²) in [7, 11) is 6.00. The zero-order valence-electron chi connectivity index (χ0n) is 14.7. The van der Waals surface area contributed by atoms with Crippen molar-refractivity contribution in [3.63, 3.8) is 0 Å². The highest BCUT2D eigenvalue weighted by molar-refractivity contribution is 5.85. The Morgan fingerprint density at radius 1 is 0.792 bits per heavy atom. The highest BCUT2D eigenvalue weighted by Gasteiger charge is 2.56. The largest absolute Gasteiger partial charge is 0.344 e. The van der Waals surface area contributed by atoms with Crippen molar-refractivity contribution < 1.29 is 4.79 Å². The van der Waals surface area contributed by atoms with E-state index in [0.29, 0.717) is 11.8 Å². The molecule has 0 heterocycles. The molecule has 2 aromatic carbocycles. The van der Waals surface area contributed by atoms with Gasteiger partial charge in [-0.2, -0.15) is 0 Å². The Balaban J connectivity index is 1.80. The van der Waals surface area contributed by atoms with Crippen LogP contribution in [-0.2, 0) is 4.79 Å². The number of hydrogen-bond acceptors (Lipinski definition) is 2. The van der Waals surface area contributed by atoms with E-state index in [2.05, 4.69) is 53.4 Å². The van der Waals surface area contributed by atoms with Crippen LogP contribution in [0.3, 0.4) is 0 Å². The molecule has 2 atom stereocenters. The van der Waals surface area contributed by atoms with Crippen molar-refractivity contribution in [3.8, 4) is 0 Å². The van der Waals surface area contributed by atoms with E-state index in [-0.39, 0.29) is 11.8 Å². The maximum Gasteiger partial charge on any atom is 0.226 e. The van der Waals surface area contributed by atoms with Crippen molar-refractivity contribution in [1.29, 1.82) is 0 Å². The number of benzene rings is 2. The SMILES string of the molecule is CN(C)CCN(C)C(=O)C1C(c2ccccc2)C1c1ccccc1. The van der Waals surface area contributed by atoms with Gasteiger partial charge in [0.15, 0.2) is 0 Å². The van der Waals surface area contributed by atoms with Crippen molar-refractivity contribution in [1.82, 2.24) is 9.80 Å². The van der Waals surface area contributed by atoms with Crippen molar-refractivity contribution in [3.05, 3.63) is 71.8 Å². The van der Waals surface area contributed by atoms with Gasteiger partial charge in [-0.3, -0.25) is 4.79 Å². The Kier molecular flexibility index (Phi) is 5.00. The van der Waals surface area contributed by atoms with Gasteiger partial charge in [-0.15, -0.1) is 0 Å². The molecule has 0 N–H and O–H groups in total. The molecule has 2 aromatic rings. The van der Waals surface area contributed by atoms with E-state index in [1.54, 1.807) is 0 Å². The first-order chi connectivity index (χ1) is 11.6. The standard InChI is InChI=1S/C21H26N2O/c1-22(2)14-15-23(3)21(24)20-18(16-10-6-4-7-11-16)19(20)17-12-8-5-9-13-17/h4-13,18-20H,14-15H2,1-3H3. The van der Waals surface area contributed by atoms with Crippen LogP contribution < -0.4 is 0 Å². The third-order valence-electron chi connectivity index (χ3n) is 4.93.